The molecule has 1 aromatic rings. The van der Waals surface area contributed by atoms with Crippen LogP contribution in [0.3, 0.4) is 0 Å². The van der Waals surface area contributed by atoms with E-state index in [-0.39, 0.29) is 0 Å². The molecule has 0 amide bonds. The van der Waals surface area contributed by atoms with E-state index in [2.05, 4.69) is 21.4 Å². The Morgan fingerprint density at radius 2 is 2.12 bits per heavy atom. The molecule has 0 radical (unpaired) electrons. The number of likely N-dealkylation sites (tertiary alicyclic amines) is 1. The normalized spacial score (nSPS) is 19.4. The van der Waals surface area contributed by atoms with E-state index in [1.165, 1.54) is 38.0 Å². The largest absolute Gasteiger partial charge is 0.330 e. The number of hydrogen-bond donors (Lipinski definition) is 1. The van der Waals surface area contributed by atoms with E-state index in [1.807, 2.05) is 12.5 Å². The number of rotatable bonds is 5. The van der Waals surface area contributed by atoms with Crippen molar-refractivity contribution in [2.75, 3.05) is 26.2 Å². The van der Waals surface area contributed by atoms with Crippen LogP contribution in [0.2, 0.25) is 0 Å². The smallest absolute Gasteiger partial charge is 0.0951 e. The van der Waals surface area contributed by atoms with Crippen LogP contribution in [0.15, 0.2) is 12.5 Å². The highest BCUT2D eigenvalue weighted by molar-refractivity contribution is 5.01. The van der Waals surface area contributed by atoms with Crippen molar-refractivity contribution in [3.8, 4) is 0 Å². The lowest BCUT2D eigenvalue weighted by atomic mass is 10.1. The van der Waals surface area contributed by atoms with Crippen molar-refractivity contribution in [2.45, 2.75) is 38.6 Å². The van der Waals surface area contributed by atoms with Crippen molar-refractivity contribution < 1.29 is 0 Å². The molecule has 1 aromatic heterocycles. The molecule has 0 bridgehead atoms. The van der Waals surface area contributed by atoms with Gasteiger partial charge in [0.2, 0.25) is 0 Å². The maximum atomic E-state index is 5.62. The first-order chi connectivity index (χ1) is 8.31. The molecule has 2 heterocycles. The Labute approximate surface area is 104 Å². The van der Waals surface area contributed by atoms with E-state index in [0.717, 1.165) is 13.0 Å². The molecule has 4 nitrogen and oxygen atoms in total. The summed E-state index contributed by atoms with van der Waals surface area (Å²) in [5.74, 6) is 0. The molecule has 2 N–H and O–H groups in total. The minimum Gasteiger partial charge on any atom is -0.330 e. The summed E-state index contributed by atoms with van der Waals surface area (Å²) in [6, 6.07) is 0.497. The van der Waals surface area contributed by atoms with Crippen molar-refractivity contribution in [1.82, 2.24) is 14.5 Å². The lowest BCUT2D eigenvalue weighted by Crippen LogP contribution is -2.34. The molecule has 0 aromatic carbocycles. The molecule has 1 atom stereocenters. The topological polar surface area (TPSA) is 47.1 Å². The Morgan fingerprint density at radius 1 is 1.35 bits per heavy atom. The maximum Gasteiger partial charge on any atom is 0.0951 e. The van der Waals surface area contributed by atoms with Gasteiger partial charge in [-0.05, 0) is 39.4 Å². The monoisotopic (exact) mass is 236 g/mol. The molecule has 2 rings (SSSR count). The second-order valence-corrected chi connectivity index (χ2v) is 5.04. The van der Waals surface area contributed by atoms with Crippen molar-refractivity contribution in [3.05, 3.63) is 18.2 Å². The van der Waals surface area contributed by atoms with Gasteiger partial charge in [-0.2, -0.15) is 0 Å². The average Bonchev–Trinajstić information content (AvgIpc) is 2.79. The van der Waals surface area contributed by atoms with Crippen LogP contribution in [0.4, 0.5) is 0 Å². The first-order valence-electron chi connectivity index (χ1n) is 6.74. The molecule has 96 valence electrons. The van der Waals surface area contributed by atoms with Crippen LogP contribution in [0, 0.1) is 0 Å². The van der Waals surface area contributed by atoms with Crippen LogP contribution >= 0.6 is 0 Å². The summed E-state index contributed by atoms with van der Waals surface area (Å²) in [6.07, 6.45) is 8.91. The third-order valence-electron chi connectivity index (χ3n) is 3.59. The van der Waals surface area contributed by atoms with Gasteiger partial charge < -0.3 is 15.2 Å². The first kappa shape index (κ1) is 12.6. The predicted octanol–water partition coefficient (Wildman–Crippen LogP) is 1.43. The molecule has 1 aliphatic heterocycles. The van der Waals surface area contributed by atoms with Gasteiger partial charge in [0.1, 0.15) is 0 Å². The highest BCUT2D eigenvalue weighted by Gasteiger charge is 2.15. The summed E-state index contributed by atoms with van der Waals surface area (Å²) in [5, 5.41) is 0. The minimum absolute atomic E-state index is 0.497. The highest BCUT2D eigenvalue weighted by Crippen LogP contribution is 2.15. The van der Waals surface area contributed by atoms with E-state index in [4.69, 9.17) is 5.73 Å². The van der Waals surface area contributed by atoms with Gasteiger partial charge in [-0.1, -0.05) is 6.42 Å². The summed E-state index contributed by atoms with van der Waals surface area (Å²) in [4.78, 5) is 6.81. The maximum absolute atomic E-state index is 5.62. The van der Waals surface area contributed by atoms with Crippen molar-refractivity contribution in [2.24, 2.45) is 5.73 Å². The van der Waals surface area contributed by atoms with Gasteiger partial charge in [-0.3, -0.25) is 0 Å². The van der Waals surface area contributed by atoms with Gasteiger partial charge in [-0.15, -0.1) is 0 Å². The summed E-state index contributed by atoms with van der Waals surface area (Å²) in [6.45, 7) is 6.61. The summed E-state index contributed by atoms with van der Waals surface area (Å²) >= 11 is 0. The Balaban J connectivity index is 1.93. The quantitative estimate of drug-likeness (QED) is 0.841. The van der Waals surface area contributed by atoms with Gasteiger partial charge in [0.15, 0.2) is 0 Å². The molecule has 1 fully saturated rings. The van der Waals surface area contributed by atoms with Crippen LogP contribution in [-0.2, 0) is 6.42 Å². The second-order valence-electron chi connectivity index (χ2n) is 5.04. The van der Waals surface area contributed by atoms with Gasteiger partial charge in [0.05, 0.1) is 6.33 Å². The van der Waals surface area contributed by atoms with Crippen LogP contribution in [0.25, 0.3) is 0 Å². The molecule has 1 aliphatic rings. The first-order valence-corrected chi connectivity index (χ1v) is 6.74. The van der Waals surface area contributed by atoms with Crippen molar-refractivity contribution in [1.29, 1.82) is 0 Å². The average molecular weight is 236 g/mol. The zero-order chi connectivity index (χ0) is 12.1. The summed E-state index contributed by atoms with van der Waals surface area (Å²) in [5.41, 5.74) is 6.88. The van der Waals surface area contributed by atoms with Crippen LogP contribution in [-0.4, -0.2) is 40.6 Å². The van der Waals surface area contributed by atoms with E-state index >= 15 is 0 Å². The molecule has 0 spiro atoms. The van der Waals surface area contributed by atoms with Crippen LogP contribution in [0.1, 0.15) is 37.9 Å². The molecule has 17 heavy (non-hydrogen) atoms. The van der Waals surface area contributed by atoms with Gasteiger partial charge >= 0.3 is 0 Å². The van der Waals surface area contributed by atoms with Gasteiger partial charge in [0.25, 0.3) is 0 Å². The van der Waals surface area contributed by atoms with E-state index < -0.39 is 0 Å². The van der Waals surface area contributed by atoms with Crippen molar-refractivity contribution in [3.63, 3.8) is 0 Å². The Kier molecular flexibility index (Phi) is 4.57. The Bertz CT molecular complexity index is 328. The number of hydrogen-bond acceptors (Lipinski definition) is 3. The number of nitrogens with zero attached hydrogens (tertiary/aromatic N) is 3. The van der Waals surface area contributed by atoms with Crippen LogP contribution < -0.4 is 5.73 Å². The summed E-state index contributed by atoms with van der Waals surface area (Å²) < 4.78 is 2.28. The molecule has 0 aliphatic carbocycles. The molecule has 1 unspecified atom stereocenters. The number of aromatic nitrogens is 2. The zero-order valence-electron chi connectivity index (χ0n) is 10.8. The van der Waals surface area contributed by atoms with Gasteiger partial charge in [-0.25, -0.2) is 4.98 Å². The molecule has 1 saturated heterocycles. The number of nitrogens with two attached hydrogens (primary N) is 1. The minimum atomic E-state index is 0.497. The summed E-state index contributed by atoms with van der Waals surface area (Å²) in [7, 11) is 0. The zero-order valence-corrected chi connectivity index (χ0v) is 10.8. The number of imidazole rings is 1. The SMILES string of the molecule is CC(CN1CCCCC1)n1cncc1CCN. The molecular formula is C13H24N4. The van der Waals surface area contributed by atoms with Crippen LogP contribution in [0.5, 0.6) is 0 Å². The molecule has 0 saturated carbocycles. The third kappa shape index (κ3) is 3.30. The van der Waals surface area contributed by atoms with Crippen molar-refractivity contribution >= 4 is 0 Å². The fourth-order valence-corrected chi connectivity index (χ4v) is 2.67. The Morgan fingerprint density at radius 3 is 2.82 bits per heavy atom. The lowest BCUT2D eigenvalue weighted by Gasteiger charge is -2.30. The molecular weight excluding hydrogens is 212 g/mol. The number of piperidine rings is 1. The highest BCUT2D eigenvalue weighted by atomic mass is 15.2. The van der Waals surface area contributed by atoms with Gasteiger partial charge in [0, 0.05) is 30.9 Å². The third-order valence-corrected chi connectivity index (χ3v) is 3.59. The second kappa shape index (κ2) is 6.17. The standard InChI is InChI=1S/C13H24N4/c1-12(10-16-7-3-2-4-8-16)17-11-15-9-13(17)5-6-14/h9,11-12H,2-8,10,14H2,1H3. The Hall–Kier alpha value is -0.870. The lowest BCUT2D eigenvalue weighted by molar-refractivity contribution is 0.201. The van der Waals surface area contributed by atoms with E-state index in [9.17, 15) is 0 Å². The fraction of sp³-hybridized carbons (Fsp3) is 0.769. The molecule has 4 heteroatoms. The van der Waals surface area contributed by atoms with E-state index in [0.29, 0.717) is 12.6 Å². The predicted molar refractivity (Wildman–Crippen MR) is 70.0 cm³/mol. The van der Waals surface area contributed by atoms with E-state index in [1.54, 1.807) is 0 Å². The fourth-order valence-electron chi connectivity index (χ4n) is 2.67.